The minimum atomic E-state index is -1.04. The summed E-state index contributed by atoms with van der Waals surface area (Å²) in [6.07, 6.45) is 1.54. The maximum absolute atomic E-state index is 11.6. The molecule has 7 nitrogen and oxygen atoms in total. The van der Waals surface area contributed by atoms with E-state index in [2.05, 4.69) is 10.4 Å². The molecule has 2 aliphatic rings. The van der Waals surface area contributed by atoms with Gasteiger partial charge in [0.05, 0.1) is 5.71 Å². The standard InChI is InChI=1S/C15H13N3O4S/c1-8-2-4-9(5-3-8)10-6-11(14(20)21)18(17-10)7-12-13(19)16-15(22)23-12/h2-5,7,11H,6H2,1H3,(H,20,21)(H,16,19,22)/b12-7-. The van der Waals surface area contributed by atoms with Crippen LogP contribution < -0.4 is 5.32 Å². The third-order valence-corrected chi connectivity index (χ3v) is 4.30. The fourth-order valence-corrected chi connectivity index (χ4v) is 2.95. The molecule has 0 bridgehead atoms. The van der Waals surface area contributed by atoms with Gasteiger partial charge in [0.1, 0.15) is 4.91 Å². The number of imide groups is 1. The van der Waals surface area contributed by atoms with E-state index in [1.165, 1.54) is 11.2 Å². The topological polar surface area (TPSA) is 99.1 Å². The van der Waals surface area contributed by atoms with Crippen molar-refractivity contribution in [2.24, 2.45) is 5.10 Å². The molecular weight excluding hydrogens is 318 g/mol. The molecule has 1 aromatic carbocycles. The van der Waals surface area contributed by atoms with E-state index >= 15 is 0 Å². The lowest BCUT2D eigenvalue weighted by atomic mass is 10.0. The van der Waals surface area contributed by atoms with Crippen molar-refractivity contribution in [3.05, 3.63) is 46.5 Å². The van der Waals surface area contributed by atoms with Gasteiger partial charge in [0.25, 0.3) is 11.1 Å². The van der Waals surface area contributed by atoms with Crippen molar-refractivity contribution in [2.75, 3.05) is 0 Å². The molecule has 0 aromatic heterocycles. The number of carbonyl (C=O) groups excluding carboxylic acids is 2. The zero-order valence-electron chi connectivity index (χ0n) is 12.1. The van der Waals surface area contributed by atoms with E-state index in [9.17, 15) is 19.5 Å². The van der Waals surface area contributed by atoms with E-state index < -0.39 is 23.2 Å². The Bertz CT molecular complexity index is 754. The Morgan fingerprint density at radius 1 is 1.39 bits per heavy atom. The van der Waals surface area contributed by atoms with Gasteiger partial charge in [-0.05, 0) is 24.2 Å². The summed E-state index contributed by atoms with van der Waals surface area (Å²) >= 11 is 0.731. The molecule has 2 heterocycles. The number of carboxylic acids is 1. The number of aliphatic carboxylic acids is 1. The van der Waals surface area contributed by atoms with Crippen LogP contribution in [0.25, 0.3) is 0 Å². The lowest BCUT2D eigenvalue weighted by Crippen LogP contribution is -2.31. The predicted molar refractivity (Wildman–Crippen MR) is 84.8 cm³/mol. The summed E-state index contributed by atoms with van der Waals surface area (Å²) in [6.45, 7) is 1.96. The molecule has 1 saturated heterocycles. The number of benzene rings is 1. The largest absolute Gasteiger partial charge is 0.480 e. The summed E-state index contributed by atoms with van der Waals surface area (Å²) in [7, 11) is 0. The van der Waals surface area contributed by atoms with E-state index in [1.54, 1.807) is 0 Å². The zero-order valence-corrected chi connectivity index (χ0v) is 13.0. The number of hydrazone groups is 1. The highest BCUT2D eigenvalue weighted by Crippen LogP contribution is 2.27. The second kappa shape index (κ2) is 5.88. The highest BCUT2D eigenvalue weighted by atomic mass is 32.2. The lowest BCUT2D eigenvalue weighted by molar-refractivity contribution is -0.141. The van der Waals surface area contributed by atoms with Crippen LogP contribution in [-0.2, 0) is 9.59 Å². The molecule has 1 aromatic rings. The molecule has 2 aliphatic heterocycles. The average Bonchev–Trinajstić information content (AvgIpc) is 3.04. The number of nitrogens with one attached hydrogen (secondary N) is 1. The van der Waals surface area contributed by atoms with Crippen LogP contribution in [0.5, 0.6) is 0 Å². The van der Waals surface area contributed by atoms with Crippen molar-refractivity contribution >= 4 is 34.6 Å². The first-order valence-electron chi connectivity index (χ1n) is 6.84. The van der Waals surface area contributed by atoms with Gasteiger partial charge in [-0.1, -0.05) is 29.8 Å². The third-order valence-electron chi connectivity index (χ3n) is 3.50. The molecule has 1 unspecified atom stereocenters. The van der Waals surface area contributed by atoms with Crippen molar-refractivity contribution in [3.63, 3.8) is 0 Å². The second-order valence-electron chi connectivity index (χ2n) is 5.19. The van der Waals surface area contributed by atoms with Gasteiger partial charge < -0.3 is 5.11 Å². The smallest absolute Gasteiger partial charge is 0.328 e. The SMILES string of the molecule is Cc1ccc(C2=NN(/C=C3\SC(=O)NC3=O)C(C(=O)O)C2)cc1. The van der Waals surface area contributed by atoms with Crippen molar-refractivity contribution in [3.8, 4) is 0 Å². The molecule has 0 radical (unpaired) electrons. The van der Waals surface area contributed by atoms with Gasteiger partial charge >= 0.3 is 5.97 Å². The summed E-state index contributed by atoms with van der Waals surface area (Å²) in [5.41, 5.74) is 2.56. The zero-order chi connectivity index (χ0) is 16.6. The summed E-state index contributed by atoms with van der Waals surface area (Å²) in [4.78, 5) is 34.4. The monoisotopic (exact) mass is 331 g/mol. The van der Waals surface area contributed by atoms with Crippen LogP contribution >= 0.6 is 11.8 Å². The quantitative estimate of drug-likeness (QED) is 0.818. The molecule has 23 heavy (non-hydrogen) atoms. The second-order valence-corrected chi connectivity index (χ2v) is 6.20. The van der Waals surface area contributed by atoms with Gasteiger partial charge in [-0.25, -0.2) is 4.79 Å². The molecular formula is C15H13N3O4S. The van der Waals surface area contributed by atoms with Gasteiger partial charge in [-0.3, -0.25) is 19.9 Å². The van der Waals surface area contributed by atoms with Crippen molar-refractivity contribution < 1.29 is 19.5 Å². The number of aryl methyl sites for hydroxylation is 1. The summed E-state index contributed by atoms with van der Waals surface area (Å²) in [6, 6.07) is 6.71. The number of carboxylic acid groups (broad SMARTS) is 1. The average molecular weight is 331 g/mol. The number of nitrogens with zero attached hydrogens (tertiary/aromatic N) is 2. The number of amides is 2. The maximum atomic E-state index is 11.6. The van der Waals surface area contributed by atoms with Crippen molar-refractivity contribution in [2.45, 2.75) is 19.4 Å². The van der Waals surface area contributed by atoms with Gasteiger partial charge in [-0.15, -0.1) is 0 Å². The molecule has 0 aliphatic carbocycles. The Morgan fingerprint density at radius 2 is 2.09 bits per heavy atom. The van der Waals surface area contributed by atoms with Crippen molar-refractivity contribution in [1.82, 2.24) is 10.3 Å². The van der Waals surface area contributed by atoms with Crippen LogP contribution in [0.4, 0.5) is 4.79 Å². The fraction of sp³-hybridized carbons (Fsp3) is 0.200. The minimum Gasteiger partial charge on any atom is -0.480 e. The molecule has 118 valence electrons. The molecule has 3 rings (SSSR count). The highest BCUT2D eigenvalue weighted by molar-refractivity contribution is 8.18. The first kappa shape index (κ1) is 15.3. The Morgan fingerprint density at radius 3 is 2.65 bits per heavy atom. The lowest BCUT2D eigenvalue weighted by Gasteiger charge is -2.15. The Hall–Kier alpha value is -2.61. The predicted octanol–water partition coefficient (Wildman–Crippen LogP) is 1.68. The Balaban J connectivity index is 1.91. The van der Waals surface area contributed by atoms with Gasteiger partial charge in [0.15, 0.2) is 6.04 Å². The Labute approximate surface area is 136 Å². The molecule has 1 atom stereocenters. The van der Waals surface area contributed by atoms with E-state index in [0.717, 1.165) is 22.9 Å². The number of hydrogen-bond donors (Lipinski definition) is 2. The number of rotatable bonds is 3. The minimum absolute atomic E-state index is 0.134. The Kier molecular flexibility index (Phi) is 3.91. The molecule has 8 heteroatoms. The normalized spacial score (nSPS) is 22.5. The van der Waals surface area contributed by atoms with Crippen LogP contribution in [-0.4, -0.2) is 39.0 Å². The summed E-state index contributed by atoms with van der Waals surface area (Å²) in [5, 5.41) is 16.6. The molecule has 2 N–H and O–H groups in total. The van der Waals surface area contributed by atoms with Crippen LogP contribution in [0, 0.1) is 6.92 Å². The summed E-state index contributed by atoms with van der Waals surface area (Å²) in [5.74, 6) is -1.58. The summed E-state index contributed by atoms with van der Waals surface area (Å²) < 4.78 is 0. The first-order chi connectivity index (χ1) is 10.9. The first-order valence-corrected chi connectivity index (χ1v) is 7.66. The van der Waals surface area contributed by atoms with E-state index in [1.807, 2.05) is 31.2 Å². The van der Waals surface area contributed by atoms with Crippen molar-refractivity contribution in [1.29, 1.82) is 0 Å². The van der Waals surface area contributed by atoms with Crippen LogP contribution in [0.2, 0.25) is 0 Å². The molecule has 0 saturated carbocycles. The van der Waals surface area contributed by atoms with E-state index in [-0.39, 0.29) is 11.3 Å². The van der Waals surface area contributed by atoms with Crippen LogP contribution in [0.3, 0.4) is 0 Å². The third kappa shape index (κ3) is 3.11. The van der Waals surface area contributed by atoms with Gasteiger partial charge in [0.2, 0.25) is 0 Å². The molecule has 0 spiro atoms. The van der Waals surface area contributed by atoms with Gasteiger partial charge in [0, 0.05) is 12.6 Å². The molecule has 1 fully saturated rings. The fourth-order valence-electron chi connectivity index (χ4n) is 2.30. The van der Waals surface area contributed by atoms with E-state index in [0.29, 0.717) is 5.71 Å². The van der Waals surface area contributed by atoms with Gasteiger partial charge in [-0.2, -0.15) is 5.10 Å². The number of thioether (sulfide) groups is 1. The van der Waals surface area contributed by atoms with E-state index in [4.69, 9.17) is 0 Å². The molecule has 2 amide bonds. The number of carbonyl (C=O) groups is 3. The highest BCUT2D eigenvalue weighted by Gasteiger charge is 2.34. The number of hydrogen-bond acceptors (Lipinski definition) is 6. The maximum Gasteiger partial charge on any atom is 0.328 e. The van der Waals surface area contributed by atoms with Crippen LogP contribution in [0.15, 0.2) is 40.5 Å². The van der Waals surface area contributed by atoms with Crippen LogP contribution in [0.1, 0.15) is 17.5 Å².